The number of hydrogen-bond donors (Lipinski definition) is 1. The summed E-state index contributed by atoms with van der Waals surface area (Å²) in [4.78, 5) is 0. The van der Waals surface area contributed by atoms with Gasteiger partial charge in [-0.15, -0.1) is 0 Å². The topological polar surface area (TPSA) is 29.9 Å². The zero-order chi connectivity index (χ0) is 14.8. The van der Waals surface area contributed by atoms with Crippen molar-refractivity contribution in [2.75, 3.05) is 6.54 Å². The van der Waals surface area contributed by atoms with E-state index in [0.717, 1.165) is 17.8 Å². The van der Waals surface area contributed by atoms with Gasteiger partial charge >= 0.3 is 6.18 Å². The summed E-state index contributed by atoms with van der Waals surface area (Å²) < 4.78 is 41.1. The fourth-order valence-electron chi connectivity index (χ4n) is 2.91. The van der Waals surface area contributed by atoms with Gasteiger partial charge in [0.2, 0.25) is 0 Å². The first kappa shape index (κ1) is 15.4. The highest BCUT2D eigenvalue weighted by atomic mass is 19.4. The highest BCUT2D eigenvalue weighted by molar-refractivity contribution is 5.13. The third-order valence-corrected chi connectivity index (χ3v) is 4.01. The Hall–Kier alpha value is -1.04. The largest absolute Gasteiger partial charge is 0.393 e. The van der Waals surface area contributed by atoms with Crippen LogP contribution in [0.5, 0.6) is 0 Å². The Balaban J connectivity index is 2.16. The van der Waals surface area contributed by atoms with E-state index in [1.807, 2.05) is 24.6 Å². The molecule has 1 aliphatic heterocycles. The summed E-state index contributed by atoms with van der Waals surface area (Å²) in [6.45, 7) is 5.33. The molecule has 1 aromatic rings. The first-order valence-corrected chi connectivity index (χ1v) is 7.31. The van der Waals surface area contributed by atoms with Gasteiger partial charge in [-0.25, -0.2) is 0 Å². The van der Waals surface area contributed by atoms with Crippen LogP contribution in [0.25, 0.3) is 0 Å². The molecule has 1 aliphatic rings. The van der Waals surface area contributed by atoms with Crippen LogP contribution in [0.4, 0.5) is 13.2 Å². The summed E-state index contributed by atoms with van der Waals surface area (Å²) in [7, 11) is 0. The molecular formula is C14H22F3N3. The van der Waals surface area contributed by atoms with Crippen molar-refractivity contribution in [1.82, 2.24) is 15.1 Å². The van der Waals surface area contributed by atoms with Gasteiger partial charge in [0.25, 0.3) is 0 Å². The van der Waals surface area contributed by atoms with E-state index in [2.05, 4.69) is 10.4 Å². The van der Waals surface area contributed by atoms with Crippen LogP contribution in [-0.2, 0) is 19.4 Å². The van der Waals surface area contributed by atoms with Crippen molar-refractivity contribution < 1.29 is 13.2 Å². The number of alkyl halides is 3. The number of aromatic nitrogens is 2. The highest BCUT2D eigenvalue weighted by Gasteiger charge is 2.45. The van der Waals surface area contributed by atoms with E-state index >= 15 is 0 Å². The van der Waals surface area contributed by atoms with Crippen molar-refractivity contribution in [2.24, 2.45) is 5.92 Å². The maximum atomic E-state index is 13.1. The van der Waals surface area contributed by atoms with E-state index in [9.17, 15) is 13.2 Å². The Morgan fingerprint density at radius 3 is 2.75 bits per heavy atom. The van der Waals surface area contributed by atoms with Crippen LogP contribution in [0.2, 0.25) is 0 Å². The molecule has 20 heavy (non-hydrogen) atoms. The van der Waals surface area contributed by atoms with E-state index in [-0.39, 0.29) is 6.42 Å². The quantitative estimate of drug-likeness (QED) is 0.923. The van der Waals surface area contributed by atoms with Crippen LogP contribution in [0.15, 0.2) is 6.07 Å². The lowest BCUT2D eigenvalue weighted by molar-refractivity contribution is -0.188. The lowest BCUT2D eigenvalue weighted by Crippen LogP contribution is -2.49. The van der Waals surface area contributed by atoms with Crippen molar-refractivity contribution in [2.45, 2.75) is 58.3 Å². The van der Waals surface area contributed by atoms with Crippen molar-refractivity contribution >= 4 is 0 Å². The summed E-state index contributed by atoms with van der Waals surface area (Å²) in [5.74, 6) is -1.25. The number of halogens is 3. The van der Waals surface area contributed by atoms with E-state index < -0.39 is 18.1 Å². The predicted molar refractivity (Wildman–Crippen MR) is 71.6 cm³/mol. The van der Waals surface area contributed by atoms with Crippen LogP contribution in [0, 0.1) is 5.92 Å². The van der Waals surface area contributed by atoms with Crippen LogP contribution in [0.1, 0.15) is 38.1 Å². The van der Waals surface area contributed by atoms with E-state index in [4.69, 9.17) is 0 Å². The molecule has 0 bridgehead atoms. The molecule has 0 aliphatic carbocycles. The SMILES string of the molecule is CCc1cc(CC2NCCCC2C(F)(F)F)n(CC)n1. The van der Waals surface area contributed by atoms with Crippen molar-refractivity contribution in [3.63, 3.8) is 0 Å². The van der Waals surface area contributed by atoms with E-state index in [1.54, 1.807) is 0 Å². The molecule has 6 heteroatoms. The minimum Gasteiger partial charge on any atom is -0.313 e. The van der Waals surface area contributed by atoms with Crippen molar-refractivity contribution in [1.29, 1.82) is 0 Å². The highest BCUT2D eigenvalue weighted by Crippen LogP contribution is 2.35. The lowest BCUT2D eigenvalue weighted by Gasteiger charge is -2.34. The lowest BCUT2D eigenvalue weighted by atomic mass is 9.87. The third kappa shape index (κ3) is 3.34. The van der Waals surface area contributed by atoms with Gasteiger partial charge in [-0.3, -0.25) is 4.68 Å². The van der Waals surface area contributed by atoms with Crippen molar-refractivity contribution in [3.05, 3.63) is 17.5 Å². The number of piperidine rings is 1. The second-order valence-electron chi connectivity index (χ2n) is 5.35. The maximum absolute atomic E-state index is 13.1. The predicted octanol–water partition coefficient (Wildman–Crippen LogP) is 2.94. The summed E-state index contributed by atoms with van der Waals surface area (Å²) in [5, 5.41) is 7.45. The average Bonchev–Trinajstić information content (AvgIpc) is 2.80. The molecule has 1 aromatic heterocycles. The zero-order valence-corrected chi connectivity index (χ0v) is 12.0. The molecule has 0 amide bonds. The third-order valence-electron chi connectivity index (χ3n) is 4.01. The average molecular weight is 289 g/mol. The molecule has 2 unspecified atom stereocenters. The Labute approximate surface area is 117 Å². The van der Waals surface area contributed by atoms with Gasteiger partial charge < -0.3 is 5.32 Å². The minimum atomic E-state index is -4.12. The van der Waals surface area contributed by atoms with Gasteiger partial charge in [-0.2, -0.15) is 18.3 Å². The summed E-state index contributed by atoms with van der Waals surface area (Å²) in [6, 6.07) is 1.41. The van der Waals surface area contributed by atoms with Gasteiger partial charge in [0.1, 0.15) is 0 Å². The zero-order valence-electron chi connectivity index (χ0n) is 12.0. The molecule has 1 N–H and O–H groups in total. The molecule has 3 nitrogen and oxygen atoms in total. The number of aryl methyl sites for hydroxylation is 2. The standard InChI is InChI=1S/C14H22F3N3/c1-3-10-8-11(20(4-2)19-10)9-13-12(14(15,16)17)6-5-7-18-13/h8,12-13,18H,3-7,9H2,1-2H3. The van der Waals surface area contributed by atoms with Gasteiger partial charge in [-0.05, 0) is 38.8 Å². The van der Waals surface area contributed by atoms with Crippen LogP contribution in [0.3, 0.4) is 0 Å². The van der Waals surface area contributed by atoms with Crippen LogP contribution < -0.4 is 5.32 Å². The second kappa shape index (κ2) is 6.16. The summed E-state index contributed by atoms with van der Waals surface area (Å²) >= 11 is 0. The fraction of sp³-hybridized carbons (Fsp3) is 0.786. The molecule has 2 atom stereocenters. The molecule has 1 fully saturated rings. The van der Waals surface area contributed by atoms with Gasteiger partial charge in [-0.1, -0.05) is 6.92 Å². The first-order chi connectivity index (χ1) is 9.45. The van der Waals surface area contributed by atoms with E-state index in [0.29, 0.717) is 25.9 Å². The Morgan fingerprint density at radius 1 is 1.40 bits per heavy atom. The molecule has 0 saturated carbocycles. The smallest absolute Gasteiger partial charge is 0.313 e. The second-order valence-corrected chi connectivity index (χ2v) is 5.35. The molecule has 0 aromatic carbocycles. The number of rotatable bonds is 4. The summed E-state index contributed by atoms with van der Waals surface area (Å²) in [5.41, 5.74) is 1.85. The molecule has 2 rings (SSSR count). The number of hydrogen-bond acceptors (Lipinski definition) is 2. The first-order valence-electron chi connectivity index (χ1n) is 7.31. The molecule has 0 radical (unpaired) electrons. The fourth-order valence-corrected chi connectivity index (χ4v) is 2.91. The molecule has 0 spiro atoms. The minimum absolute atomic E-state index is 0.224. The van der Waals surface area contributed by atoms with Crippen LogP contribution >= 0.6 is 0 Å². The number of nitrogens with zero attached hydrogens (tertiary/aromatic N) is 2. The van der Waals surface area contributed by atoms with Gasteiger partial charge in [0, 0.05) is 24.7 Å². The van der Waals surface area contributed by atoms with E-state index in [1.165, 1.54) is 0 Å². The van der Waals surface area contributed by atoms with Gasteiger partial charge in [0.05, 0.1) is 11.6 Å². The Morgan fingerprint density at radius 2 is 2.15 bits per heavy atom. The Kier molecular flexibility index (Phi) is 4.73. The van der Waals surface area contributed by atoms with Gasteiger partial charge in [0.15, 0.2) is 0 Å². The molecule has 1 saturated heterocycles. The maximum Gasteiger partial charge on any atom is 0.393 e. The number of nitrogens with one attached hydrogen (secondary N) is 1. The van der Waals surface area contributed by atoms with Crippen molar-refractivity contribution in [3.8, 4) is 0 Å². The summed E-state index contributed by atoms with van der Waals surface area (Å²) in [6.07, 6.45) is -2.11. The Bertz CT molecular complexity index is 439. The molecule has 2 heterocycles. The molecular weight excluding hydrogens is 267 g/mol. The normalized spacial score (nSPS) is 24.1. The molecule has 114 valence electrons. The van der Waals surface area contributed by atoms with Crippen LogP contribution in [-0.4, -0.2) is 28.5 Å². The monoisotopic (exact) mass is 289 g/mol.